The maximum absolute atomic E-state index is 6.28. The van der Waals surface area contributed by atoms with E-state index in [9.17, 15) is 0 Å². The van der Waals surface area contributed by atoms with E-state index in [4.69, 9.17) is 11.6 Å². The second kappa shape index (κ2) is 5.15. The predicted octanol–water partition coefficient (Wildman–Crippen LogP) is 4.05. The van der Waals surface area contributed by atoms with Crippen molar-refractivity contribution in [1.29, 1.82) is 0 Å². The molecule has 0 amide bonds. The van der Waals surface area contributed by atoms with E-state index in [-0.39, 0.29) is 0 Å². The summed E-state index contributed by atoms with van der Waals surface area (Å²) in [6.07, 6.45) is 3.64. The fraction of sp³-hybridized carbons (Fsp3) is 0.400. The molecule has 0 radical (unpaired) electrons. The zero-order valence-electron chi connectivity index (χ0n) is 10.3. The van der Waals surface area contributed by atoms with Crippen molar-refractivity contribution in [3.63, 3.8) is 0 Å². The van der Waals surface area contributed by atoms with E-state index in [1.807, 2.05) is 24.3 Å². The second-order valence-electron chi connectivity index (χ2n) is 4.98. The van der Waals surface area contributed by atoms with Gasteiger partial charge < -0.3 is 5.32 Å². The highest BCUT2D eigenvalue weighted by molar-refractivity contribution is 6.21. The molecule has 18 heavy (non-hydrogen) atoms. The Kier molecular flexibility index (Phi) is 3.37. The Labute approximate surface area is 112 Å². The van der Waals surface area contributed by atoms with Gasteiger partial charge in [-0.3, -0.25) is 0 Å². The number of anilines is 1. The number of rotatable bonds is 3. The van der Waals surface area contributed by atoms with Gasteiger partial charge in [-0.05, 0) is 37.0 Å². The summed E-state index contributed by atoms with van der Waals surface area (Å²) in [6.45, 7) is 0.930. The smallest absolute Gasteiger partial charge is 0.126 e. The highest BCUT2D eigenvalue weighted by Gasteiger charge is 2.24. The summed E-state index contributed by atoms with van der Waals surface area (Å²) in [5, 5.41) is 4.92. The lowest BCUT2D eigenvalue weighted by atomic mass is 10.1. The van der Waals surface area contributed by atoms with E-state index in [0.717, 1.165) is 24.3 Å². The first kappa shape index (κ1) is 11.8. The molecule has 2 nitrogen and oxygen atoms in total. The summed E-state index contributed by atoms with van der Waals surface area (Å²) in [7, 11) is 0. The summed E-state index contributed by atoms with van der Waals surface area (Å²) in [5.74, 6) is 1.53. The molecular formula is C15H17ClN2. The van der Waals surface area contributed by atoms with Crippen molar-refractivity contribution in [3.05, 3.63) is 36.4 Å². The fourth-order valence-corrected chi connectivity index (χ4v) is 2.99. The molecule has 3 rings (SSSR count). The van der Waals surface area contributed by atoms with E-state index in [2.05, 4.69) is 22.4 Å². The van der Waals surface area contributed by atoms with Gasteiger partial charge in [0.15, 0.2) is 0 Å². The molecule has 1 heterocycles. The normalized spacial score (nSPS) is 23.4. The van der Waals surface area contributed by atoms with Crippen LogP contribution in [-0.2, 0) is 0 Å². The van der Waals surface area contributed by atoms with Crippen molar-refractivity contribution < 1.29 is 0 Å². The van der Waals surface area contributed by atoms with Gasteiger partial charge in [0.25, 0.3) is 0 Å². The van der Waals surface area contributed by atoms with Gasteiger partial charge in [-0.25, -0.2) is 4.98 Å². The van der Waals surface area contributed by atoms with E-state index in [0.29, 0.717) is 11.3 Å². The first-order valence-electron chi connectivity index (χ1n) is 6.57. The standard InChI is InChI=1S/C15H17ClN2/c16-13-6-3-5-12(13)10-17-15-9-8-11-4-1-2-7-14(11)18-15/h1-2,4,7-9,12-13H,3,5-6,10H2,(H,17,18). The van der Waals surface area contributed by atoms with E-state index in [1.165, 1.54) is 18.2 Å². The van der Waals surface area contributed by atoms with Crippen LogP contribution in [0.5, 0.6) is 0 Å². The average Bonchev–Trinajstić information content (AvgIpc) is 2.82. The van der Waals surface area contributed by atoms with Crippen molar-refractivity contribution >= 4 is 28.3 Å². The van der Waals surface area contributed by atoms with Crippen molar-refractivity contribution in [1.82, 2.24) is 4.98 Å². The molecule has 1 aromatic heterocycles. The number of hydrogen-bond donors (Lipinski definition) is 1. The third-order valence-corrected chi connectivity index (χ3v) is 4.28. The Morgan fingerprint density at radius 1 is 1.17 bits per heavy atom. The van der Waals surface area contributed by atoms with E-state index < -0.39 is 0 Å². The largest absolute Gasteiger partial charge is 0.370 e. The van der Waals surface area contributed by atoms with Gasteiger partial charge in [0, 0.05) is 17.3 Å². The quantitative estimate of drug-likeness (QED) is 0.842. The van der Waals surface area contributed by atoms with Crippen LogP contribution < -0.4 is 5.32 Å². The zero-order chi connectivity index (χ0) is 12.4. The topological polar surface area (TPSA) is 24.9 Å². The predicted molar refractivity (Wildman–Crippen MR) is 77.2 cm³/mol. The molecule has 1 aliphatic carbocycles. The molecule has 0 saturated heterocycles. The monoisotopic (exact) mass is 260 g/mol. The lowest BCUT2D eigenvalue weighted by molar-refractivity contribution is 0.585. The maximum Gasteiger partial charge on any atom is 0.126 e. The SMILES string of the molecule is ClC1CCCC1CNc1ccc2ccccc2n1. The number of nitrogens with zero attached hydrogens (tertiary/aromatic N) is 1. The Balaban J connectivity index is 1.71. The molecule has 2 unspecified atom stereocenters. The van der Waals surface area contributed by atoms with Crippen molar-refractivity contribution in [2.24, 2.45) is 5.92 Å². The first-order valence-corrected chi connectivity index (χ1v) is 7.00. The molecule has 0 aliphatic heterocycles. The summed E-state index contributed by atoms with van der Waals surface area (Å²) in [6, 6.07) is 12.3. The van der Waals surface area contributed by atoms with Gasteiger partial charge in [0.2, 0.25) is 0 Å². The van der Waals surface area contributed by atoms with Gasteiger partial charge in [-0.1, -0.05) is 24.6 Å². The van der Waals surface area contributed by atoms with Crippen molar-refractivity contribution in [2.45, 2.75) is 24.6 Å². The Bertz CT molecular complexity index is 541. The molecular weight excluding hydrogens is 244 g/mol. The number of fused-ring (bicyclic) bond motifs is 1. The summed E-state index contributed by atoms with van der Waals surface area (Å²) in [4.78, 5) is 4.61. The molecule has 1 fully saturated rings. The van der Waals surface area contributed by atoms with E-state index >= 15 is 0 Å². The zero-order valence-corrected chi connectivity index (χ0v) is 11.0. The van der Waals surface area contributed by atoms with Gasteiger partial charge >= 0.3 is 0 Å². The van der Waals surface area contributed by atoms with Crippen LogP contribution >= 0.6 is 11.6 Å². The van der Waals surface area contributed by atoms with Crippen LogP contribution in [0.1, 0.15) is 19.3 Å². The minimum atomic E-state index is 0.331. The minimum Gasteiger partial charge on any atom is -0.370 e. The Morgan fingerprint density at radius 3 is 2.89 bits per heavy atom. The number of halogens is 1. The fourth-order valence-electron chi connectivity index (χ4n) is 2.62. The van der Waals surface area contributed by atoms with Crippen molar-refractivity contribution in [2.75, 3.05) is 11.9 Å². The average molecular weight is 261 g/mol. The van der Waals surface area contributed by atoms with E-state index in [1.54, 1.807) is 0 Å². The van der Waals surface area contributed by atoms with Gasteiger partial charge in [0.05, 0.1) is 5.52 Å². The van der Waals surface area contributed by atoms with Crippen LogP contribution in [0.25, 0.3) is 10.9 Å². The van der Waals surface area contributed by atoms with Crippen LogP contribution in [0.2, 0.25) is 0 Å². The summed E-state index contributed by atoms with van der Waals surface area (Å²) in [5.41, 5.74) is 1.04. The molecule has 0 bridgehead atoms. The highest BCUT2D eigenvalue weighted by atomic mass is 35.5. The number of nitrogens with one attached hydrogen (secondary N) is 1. The van der Waals surface area contributed by atoms with Crippen LogP contribution in [0.15, 0.2) is 36.4 Å². The number of para-hydroxylation sites is 1. The molecule has 2 aromatic rings. The molecule has 0 spiro atoms. The molecule has 2 atom stereocenters. The third kappa shape index (κ3) is 2.44. The molecule has 1 saturated carbocycles. The third-order valence-electron chi connectivity index (χ3n) is 3.71. The second-order valence-corrected chi connectivity index (χ2v) is 5.54. The molecule has 94 valence electrons. The number of hydrogen-bond acceptors (Lipinski definition) is 2. The van der Waals surface area contributed by atoms with Crippen LogP contribution in [-0.4, -0.2) is 16.9 Å². The Hall–Kier alpha value is -1.28. The lowest BCUT2D eigenvalue weighted by Crippen LogP contribution is -2.18. The van der Waals surface area contributed by atoms with Crippen LogP contribution in [0.3, 0.4) is 0 Å². The Morgan fingerprint density at radius 2 is 2.06 bits per heavy atom. The van der Waals surface area contributed by atoms with Gasteiger partial charge in [-0.2, -0.15) is 0 Å². The van der Waals surface area contributed by atoms with Gasteiger partial charge in [-0.15, -0.1) is 11.6 Å². The van der Waals surface area contributed by atoms with Crippen LogP contribution in [0, 0.1) is 5.92 Å². The van der Waals surface area contributed by atoms with Gasteiger partial charge in [0.1, 0.15) is 5.82 Å². The lowest BCUT2D eigenvalue weighted by Gasteiger charge is -2.15. The first-order chi connectivity index (χ1) is 8.83. The minimum absolute atomic E-state index is 0.331. The number of aromatic nitrogens is 1. The molecule has 1 aliphatic rings. The van der Waals surface area contributed by atoms with Crippen molar-refractivity contribution in [3.8, 4) is 0 Å². The number of benzene rings is 1. The highest BCUT2D eigenvalue weighted by Crippen LogP contribution is 2.30. The number of pyridine rings is 1. The van der Waals surface area contributed by atoms with Crippen LogP contribution in [0.4, 0.5) is 5.82 Å². The summed E-state index contributed by atoms with van der Waals surface area (Å²) < 4.78 is 0. The molecule has 3 heteroatoms. The number of alkyl halides is 1. The summed E-state index contributed by atoms with van der Waals surface area (Å²) >= 11 is 6.28. The molecule has 1 aromatic carbocycles. The maximum atomic E-state index is 6.28. The molecule has 1 N–H and O–H groups in total.